The Morgan fingerprint density at radius 3 is 2.25 bits per heavy atom. The summed E-state index contributed by atoms with van der Waals surface area (Å²) in [5, 5.41) is 14.5. The summed E-state index contributed by atoms with van der Waals surface area (Å²) in [5.41, 5.74) is 8.50. The van der Waals surface area contributed by atoms with Gasteiger partial charge in [-0.2, -0.15) is 0 Å². The first-order valence-electron chi connectivity index (χ1n) is 20.4. The molecule has 4 aliphatic heterocycles. The maximum absolute atomic E-state index is 14.0. The molecule has 6 rings (SSSR count). The number of hydrogen-bond acceptors (Lipinski definition) is 14. The van der Waals surface area contributed by atoms with Gasteiger partial charge in [0, 0.05) is 56.7 Å². The second kappa shape index (κ2) is 20.3. The third-order valence-electron chi connectivity index (χ3n) is 10.6. The minimum Gasteiger partial charge on any atom is -0.493 e. The number of carbonyl (C=O) groups is 4. The maximum atomic E-state index is 14.0. The number of nitrogens with one attached hydrogen (secondary N) is 1. The van der Waals surface area contributed by atoms with E-state index in [0.29, 0.717) is 98.3 Å². The van der Waals surface area contributed by atoms with E-state index in [1.165, 1.54) is 46.8 Å². The summed E-state index contributed by atoms with van der Waals surface area (Å²) in [4.78, 5) is 62.3. The number of methoxy groups -OCH3 is 2. The monoisotopic (exact) mass is 880 g/mol. The number of aliphatic hydroxyl groups is 1. The van der Waals surface area contributed by atoms with Crippen LogP contribution in [0.5, 0.6) is 23.0 Å². The molecule has 4 heterocycles. The number of carbonyl (C=O) groups excluding carboxylic acids is 4. The van der Waals surface area contributed by atoms with Crippen molar-refractivity contribution in [3.63, 3.8) is 0 Å². The molecule has 0 radical (unpaired) electrons. The predicted molar refractivity (Wildman–Crippen MR) is 237 cm³/mol. The topological polar surface area (TPSA) is 195 Å². The number of unbranched alkanes of at least 4 members (excludes halogenated alkanes) is 2. The lowest BCUT2D eigenvalue weighted by Crippen LogP contribution is -2.51. The van der Waals surface area contributed by atoms with Gasteiger partial charge in [-0.15, -0.1) is 0 Å². The molecule has 0 saturated carbocycles. The first-order chi connectivity index (χ1) is 29.2. The number of rotatable bonds is 19. The number of aliphatic imine (C=N–C) groups is 1. The van der Waals surface area contributed by atoms with E-state index in [4.69, 9.17) is 29.4 Å². The first-order valence-corrected chi connectivity index (χ1v) is 22.7. The fourth-order valence-corrected chi connectivity index (χ4v) is 9.88. The summed E-state index contributed by atoms with van der Waals surface area (Å²) in [6.45, 7) is 14.1. The normalized spacial score (nSPS) is 19.4. The van der Waals surface area contributed by atoms with Crippen LogP contribution >= 0.6 is 21.6 Å². The summed E-state index contributed by atoms with van der Waals surface area (Å²) < 4.78 is 28.8. The van der Waals surface area contributed by atoms with Crippen molar-refractivity contribution in [3.05, 3.63) is 59.7 Å². The summed E-state index contributed by atoms with van der Waals surface area (Å²) in [6, 6.07) is 5.64. The van der Waals surface area contributed by atoms with Gasteiger partial charge in [0.2, 0.25) is 5.91 Å². The standard InChI is InChI=1S/C43H56N6O10S2/c1-26-16-28-22-46-31-20-36(34(55-5)18-29(31)39(51)47(28)23-26)57-13-8-7-9-14-58-37-21-32-30(19-35(37)56-6)40(52)48-24-27(2)17-33(48)41(53)49(32)42(54)59-25-43(3,4)61-60-15-10-38(50)45-12-11-44/h18-22,28,33,41,53H,1-2,7-17,23-25,44H2,3-6H3,(H,45,50)/t28-,33?,41?/m0/s1. The number of benzene rings is 2. The number of ether oxygens (including phenoxy) is 5. The van der Waals surface area contributed by atoms with Crippen molar-refractivity contribution in [2.24, 2.45) is 10.7 Å². The zero-order valence-electron chi connectivity index (χ0n) is 35.2. The Morgan fingerprint density at radius 1 is 0.918 bits per heavy atom. The highest BCUT2D eigenvalue weighted by atomic mass is 33.1. The van der Waals surface area contributed by atoms with Crippen molar-refractivity contribution in [2.45, 2.75) is 75.4 Å². The zero-order valence-corrected chi connectivity index (χ0v) is 36.9. The van der Waals surface area contributed by atoms with E-state index in [2.05, 4.69) is 23.5 Å². The van der Waals surface area contributed by atoms with Gasteiger partial charge in [-0.1, -0.05) is 45.9 Å². The van der Waals surface area contributed by atoms with Gasteiger partial charge >= 0.3 is 6.09 Å². The molecule has 0 aliphatic carbocycles. The summed E-state index contributed by atoms with van der Waals surface area (Å²) in [7, 11) is 5.98. The van der Waals surface area contributed by atoms with Gasteiger partial charge in [0.05, 0.1) is 66.8 Å². The van der Waals surface area contributed by atoms with Crippen LogP contribution < -0.4 is 34.9 Å². The van der Waals surface area contributed by atoms with E-state index in [1.807, 2.05) is 13.8 Å². The molecule has 2 fully saturated rings. The molecule has 2 saturated heterocycles. The molecule has 16 nitrogen and oxygen atoms in total. The van der Waals surface area contributed by atoms with Gasteiger partial charge < -0.3 is 49.6 Å². The summed E-state index contributed by atoms with van der Waals surface area (Å²) >= 11 is 0. The van der Waals surface area contributed by atoms with Gasteiger partial charge in [-0.25, -0.2) is 9.69 Å². The molecule has 3 atom stereocenters. The second-order valence-corrected chi connectivity index (χ2v) is 19.0. The second-order valence-electron chi connectivity index (χ2n) is 15.9. The van der Waals surface area contributed by atoms with Crippen molar-refractivity contribution in [3.8, 4) is 23.0 Å². The van der Waals surface area contributed by atoms with Gasteiger partial charge in [-0.3, -0.25) is 19.4 Å². The molecule has 4 aliphatic rings. The zero-order chi connectivity index (χ0) is 43.8. The minimum absolute atomic E-state index is 0.0114. The molecule has 2 aromatic rings. The Bertz CT molecular complexity index is 2050. The minimum atomic E-state index is -1.43. The maximum Gasteiger partial charge on any atom is 0.416 e. The Labute approximate surface area is 364 Å². The van der Waals surface area contributed by atoms with E-state index < -0.39 is 23.1 Å². The molecular formula is C43H56N6O10S2. The molecule has 2 unspecified atom stereocenters. The molecule has 18 heteroatoms. The number of hydrogen-bond donors (Lipinski definition) is 3. The van der Waals surface area contributed by atoms with Crippen LogP contribution in [0.15, 0.2) is 53.6 Å². The van der Waals surface area contributed by atoms with Crippen molar-refractivity contribution < 1.29 is 48.0 Å². The van der Waals surface area contributed by atoms with Crippen molar-refractivity contribution in [1.82, 2.24) is 15.1 Å². The molecule has 2 aromatic carbocycles. The summed E-state index contributed by atoms with van der Waals surface area (Å²) in [6.07, 6.45) is 2.93. The van der Waals surface area contributed by atoms with Crippen molar-refractivity contribution in [2.75, 3.05) is 70.9 Å². The predicted octanol–water partition coefficient (Wildman–Crippen LogP) is 5.49. The summed E-state index contributed by atoms with van der Waals surface area (Å²) in [5.74, 6) is 1.51. The van der Waals surface area contributed by atoms with E-state index in [-0.39, 0.29) is 54.8 Å². The first kappa shape index (κ1) is 45.6. The van der Waals surface area contributed by atoms with Crippen LogP contribution in [-0.4, -0.2) is 134 Å². The molecule has 61 heavy (non-hydrogen) atoms. The van der Waals surface area contributed by atoms with Crippen LogP contribution in [-0.2, 0) is 9.53 Å². The van der Waals surface area contributed by atoms with E-state index >= 15 is 0 Å². The average molecular weight is 881 g/mol. The fourth-order valence-electron chi connectivity index (χ4n) is 7.50. The van der Waals surface area contributed by atoms with Crippen molar-refractivity contribution >= 4 is 63.0 Å². The fraction of sp³-hybridized carbons (Fsp3) is 0.512. The lowest BCUT2D eigenvalue weighted by molar-refractivity contribution is -0.120. The van der Waals surface area contributed by atoms with E-state index in [9.17, 15) is 24.3 Å². The van der Waals surface area contributed by atoms with Crippen LogP contribution in [0, 0.1) is 0 Å². The third kappa shape index (κ3) is 10.8. The smallest absolute Gasteiger partial charge is 0.416 e. The van der Waals surface area contributed by atoms with E-state index in [1.54, 1.807) is 29.3 Å². The molecule has 4 N–H and O–H groups in total. The molecule has 330 valence electrons. The Kier molecular flexibility index (Phi) is 15.2. The number of anilines is 1. The van der Waals surface area contributed by atoms with Crippen LogP contribution in [0.2, 0.25) is 0 Å². The molecule has 4 amide bonds. The van der Waals surface area contributed by atoms with Gasteiger partial charge in [0.1, 0.15) is 6.61 Å². The Morgan fingerprint density at radius 2 is 1.56 bits per heavy atom. The Balaban J connectivity index is 1.07. The average Bonchev–Trinajstić information content (AvgIpc) is 3.78. The quantitative estimate of drug-likeness (QED) is 0.0912. The highest BCUT2D eigenvalue weighted by Gasteiger charge is 2.46. The van der Waals surface area contributed by atoms with Gasteiger partial charge in [0.15, 0.2) is 29.2 Å². The highest BCUT2D eigenvalue weighted by Crippen LogP contribution is 2.43. The number of fused-ring (bicyclic) bond motifs is 4. The van der Waals surface area contributed by atoms with Crippen LogP contribution in [0.25, 0.3) is 0 Å². The van der Waals surface area contributed by atoms with Gasteiger partial charge in [0.25, 0.3) is 11.8 Å². The molecule has 0 spiro atoms. The van der Waals surface area contributed by atoms with Crippen LogP contribution in [0.3, 0.4) is 0 Å². The number of nitrogens with zero attached hydrogens (tertiary/aromatic N) is 4. The van der Waals surface area contributed by atoms with E-state index in [0.717, 1.165) is 22.5 Å². The number of nitrogens with two attached hydrogens (primary N) is 1. The molecule has 0 aromatic heterocycles. The molecular weight excluding hydrogens is 825 g/mol. The Hall–Kier alpha value is -4.91. The lowest BCUT2D eigenvalue weighted by Gasteiger charge is -2.32. The molecule has 0 bridgehead atoms. The van der Waals surface area contributed by atoms with Crippen molar-refractivity contribution in [1.29, 1.82) is 0 Å². The van der Waals surface area contributed by atoms with Gasteiger partial charge in [-0.05, 0) is 58.1 Å². The number of amides is 4. The van der Waals surface area contributed by atoms with Crippen LogP contribution in [0.1, 0.15) is 73.1 Å². The third-order valence-corrected chi connectivity index (χ3v) is 13.9. The number of aliphatic hydroxyl groups excluding tert-OH is 1. The lowest BCUT2D eigenvalue weighted by atomic mass is 10.1. The highest BCUT2D eigenvalue weighted by molar-refractivity contribution is 8.77. The largest absolute Gasteiger partial charge is 0.493 e. The SMILES string of the molecule is C=C1CC2C(O)N(C(=O)OCC(C)(C)SSCCC(=O)NCCN)c3cc(OCCCCCOc4cc5c(cc4OC)C(=O)N4CC(=C)C[C@H]4C=N5)c(OC)cc3C(=O)N2C1. The van der Waals surface area contributed by atoms with Crippen LogP contribution in [0.4, 0.5) is 16.2 Å².